The zero-order valence-corrected chi connectivity index (χ0v) is 13.3. The Labute approximate surface area is 139 Å². The largest absolute Gasteiger partial charge is 0.395 e. The van der Waals surface area contributed by atoms with E-state index in [1.165, 1.54) is 0 Å². The van der Waals surface area contributed by atoms with E-state index < -0.39 is 5.91 Å². The number of carbonyl (C=O) groups excluding carboxylic acids is 1. The Kier molecular flexibility index (Phi) is 4.67. The molecule has 3 aromatic rings. The van der Waals surface area contributed by atoms with Gasteiger partial charge in [-0.3, -0.25) is 4.79 Å². The van der Waals surface area contributed by atoms with Crippen LogP contribution in [0, 0.1) is 6.92 Å². The van der Waals surface area contributed by atoms with Crippen molar-refractivity contribution >= 4 is 5.91 Å². The number of para-hydroxylation sites is 1. The minimum atomic E-state index is -0.409. The zero-order valence-electron chi connectivity index (χ0n) is 13.3. The first-order chi connectivity index (χ1) is 11.7. The lowest BCUT2D eigenvalue weighted by atomic mass is 10.2. The normalized spacial score (nSPS) is 10.6. The molecule has 0 aliphatic rings. The average Bonchev–Trinajstić information content (AvgIpc) is 3.06. The van der Waals surface area contributed by atoms with E-state index in [-0.39, 0.29) is 19.0 Å². The zero-order chi connectivity index (χ0) is 16.9. The first-order valence-corrected chi connectivity index (χ1v) is 7.68. The maximum absolute atomic E-state index is 12.2. The summed E-state index contributed by atoms with van der Waals surface area (Å²) >= 11 is 0. The topological polar surface area (TPSA) is 80.0 Å². The van der Waals surface area contributed by atoms with E-state index in [1.807, 2.05) is 61.5 Å². The van der Waals surface area contributed by atoms with Gasteiger partial charge < -0.3 is 10.4 Å². The second kappa shape index (κ2) is 7.06. The lowest BCUT2D eigenvalue weighted by Crippen LogP contribution is -2.27. The summed E-state index contributed by atoms with van der Waals surface area (Å²) in [6.45, 7) is 2.02. The van der Waals surface area contributed by atoms with Crippen LogP contribution in [0.3, 0.4) is 0 Å². The minimum absolute atomic E-state index is 0.0746. The molecule has 3 rings (SSSR count). The summed E-state index contributed by atoms with van der Waals surface area (Å²) in [5.41, 5.74) is 2.77. The summed E-state index contributed by atoms with van der Waals surface area (Å²) in [6.07, 6.45) is 0. The Morgan fingerprint density at radius 3 is 2.54 bits per heavy atom. The van der Waals surface area contributed by atoms with Gasteiger partial charge in [0.15, 0.2) is 5.82 Å². The van der Waals surface area contributed by atoms with Gasteiger partial charge in [-0.2, -0.15) is 0 Å². The fraction of sp³-hybridized carbons (Fsp3) is 0.167. The van der Waals surface area contributed by atoms with Gasteiger partial charge in [0.25, 0.3) is 5.91 Å². The first kappa shape index (κ1) is 15.9. The van der Waals surface area contributed by atoms with Crippen LogP contribution < -0.4 is 5.32 Å². The van der Waals surface area contributed by atoms with Crippen molar-refractivity contribution in [2.45, 2.75) is 6.92 Å². The number of aliphatic hydroxyl groups is 1. The molecule has 0 bridgehead atoms. The van der Waals surface area contributed by atoms with E-state index in [4.69, 9.17) is 5.11 Å². The predicted molar refractivity (Wildman–Crippen MR) is 91.0 cm³/mol. The van der Waals surface area contributed by atoms with Gasteiger partial charge in [-0.25, -0.2) is 9.67 Å². The maximum atomic E-state index is 12.2. The van der Waals surface area contributed by atoms with Gasteiger partial charge in [0, 0.05) is 12.1 Å². The molecule has 6 heteroatoms. The Morgan fingerprint density at radius 2 is 1.83 bits per heavy atom. The van der Waals surface area contributed by atoms with Crippen LogP contribution in [0.2, 0.25) is 0 Å². The molecular weight excluding hydrogens is 304 g/mol. The molecule has 1 amide bonds. The van der Waals surface area contributed by atoms with Crippen LogP contribution in [-0.2, 0) is 0 Å². The Bertz CT molecular complexity index is 843. The van der Waals surface area contributed by atoms with E-state index in [1.54, 1.807) is 4.68 Å². The van der Waals surface area contributed by atoms with Gasteiger partial charge in [-0.1, -0.05) is 48.5 Å². The fourth-order valence-electron chi connectivity index (χ4n) is 2.40. The number of hydrogen-bond acceptors (Lipinski definition) is 4. The van der Waals surface area contributed by atoms with Gasteiger partial charge in [0.05, 0.1) is 12.3 Å². The average molecular weight is 322 g/mol. The third kappa shape index (κ3) is 3.18. The number of aryl methyl sites for hydroxylation is 1. The highest BCUT2D eigenvalue weighted by molar-refractivity contribution is 5.91. The highest BCUT2D eigenvalue weighted by Crippen LogP contribution is 2.22. The van der Waals surface area contributed by atoms with E-state index in [0.29, 0.717) is 5.82 Å². The highest BCUT2D eigenvalue weighted by Gasteiger charge is 2.19. The summed E-state index contributed by atoms with van der Waals surface area (Å²) < 4.78 is 1.68. The van der Waals surface area contributed by atoms with Crippen LogP contribution in [-0.4, -0.2) is 38.9 Å². The third-order valence-corrected chi connectivity index (χ3v) is 3.58. The molecule has 0 aliphatic heterocycles. The van der Waals surface area contributed by atoms with E-state index in [9.17, 15) is 4.79 Å². The molecule has 122 valence electrons. The quantitative estimate of drug-likeness (QED) is 0.752. The van der Waals surface area contributed by atoms with Crippen LogP contribution in [0.1, 0.15) is 16.2 Å². The second-order valence-corrected chi connectivity index (χ2v) is 5.30. The molecule has 1 aromatic heterocycles. The molecule has 0 spiro atoms. The smallest absolute Gasteiger partial charge is 0.291 e. The molecule has 1 heterocycles. The lowest BCUT2D eigenvalue weighted by molar-refractivity contribution is 0.0934. The highest BCUT2D eigenvalue weighted by atomic mass is 16.3. The van der Waals surface area contributed by atoms with Crippen molar-refractivity contribution < 1.29 is 9.90 Å². The van der Waals surface area contributed by atoms with Crippen molar-refractivity contribution in [2.75, 3.05) is 13.2 Å². The molecule has 0 fully saturated rings. The van der Waals surface area contributed by atoms with Crippen molar-refractivity contribution in [2.24, 2.45) is 0 Å². The van der Waals surface area contributed by atoms with Gasteiger partial charge >= 0.3 is 0 Å². The Balaban J connectivity index is 2.11. The molecule has 24 heavy (non-hydrogen) atoms. The molecule has 2 aromatic carbocycles. The summed E-state index contributed by atoms with van der Waals surface area (Å²) in [7, 11) is 0. The van der Waals surface area contributed by atoms with Crippen molar-refractivity contribution in [1.29, 1.82) is 0 Å². The van der Waals surface area contributed by atoms with Gasteiger partial charge in [0.1, 0.15) is 0 Å². The molecule has 0 atom stereocenters. The third-order valence-electron chi connectivity index (χ3n) is 3.58. The second-order valence-electron chi connectivity index (χ2n) is 5.30. The lowest BCUT2D eigenvalue weighted by Gasteiger charge is -2.08. The Hall–Kier alpha value is -2.99. The number of carbonyl (C=O) groups is 1. The molecule has 0 saturated carbocycles. The van der Waals surface area contributed by atoms with Crippen LogP contribution in [0.15, 0.2) is 54.6 Å². The predicted octanol–water partition coefficient (Wildman–Crippen LogP) is 1.96. The number of benzene rings is 2. The van der Waals surface area contributed by atoms with Crippen LogP contribution in [0.25, 0.3) is 17.1 Å². The summed E-state index contributed by atoms with van der Waals surface area (Å²) in [5, 5.41) is 15.8. The molecular formula is C18H18N4O2. The molecule has 0 aliphatic carbocycles. The standard InChI is InChI=1S/C18H18N4O2/c1-13-7-5-6-10-15(13)22-17(14-8-3-2-4-9-14)20-16(21-22)18(24)19-11-12-23/h2-10,23H,11-12H2,1H3,(H,19,24). The first-order valence-electron chi connectivity index (χ1n) is 7.68. The number of amides is 1. The summed E-state index contributed by atoms with van der Waals surface area (Å²) in [6, 6.07) is 17.4. The molecule has 0 radical (unpaired) electrons. The number of aromatic nitrogens is 3. The van der Waals surface area contributed by atoms with E-state index in [2.05, 4.69) is 15.4 Å². The van der Waals surface area contributed by atoms with Gasteiger partial charge in [-0.15, -0.1) is 5.10 Å². The number of nitrogens with zero attached hydrogens (tertiary/aromatic N) is 3. The molecule has 2 N–H and O–H groups in total. The molecule has 0 unspecified atom stereocenters. The van der Waals surface area contributed by atoms with Crippen molar-refractivity contribution in [3.05, 3.63) is 66.0 Å². The maximum Gasteiger partial charge on any atom is 0.291 e. The monoisotopic (exact) mass is 322 g/mol. The number of nitrogens with one attached hydrogen (secondary N) is 1. The summed E-state index contributed by atoms with van der Waals surface area (Å²) in [4.78, 5) is 16.6. The van der Waals surface area contributed by atoms with E-state index >= 15 is 0 Å². The van der Waals surface area contributed by atoms with Crippen LogP contribution in [0.5, 0.6) is 0 Å². The minimum Gasteiger partial charge on any atom is -0.395 e. The molecule has 6 nitrogen and oxygen atoms in total. The van der Waals surface area contributed by atoms with Gasteiger partial charge in [-0.05, 0) is 18.6 Å². The van der Waals surface area contributed by atoms with Crippen LogP contribution in [0.4, 0.5) is 0 Å². The number of rotatable bonds is 5. The number of hydrogen-bond donors (Lipinski definition) is 2. The number of aliphatic hydroxyl groups excluding tert-OH is 1. The van der Waals surface area contributed by atoms with E-state index in [0.717, 1.165) is 16.8 Å². The Morgan fingerprint density at radius 1 is 1.12 bits per heavy atom. The SMILES string of the molecule is Cc1ccccc1-n1nc(C(=O)NCCO)nc1-c1ccccc1. The van der Waals surface area contributed by atoms with Crippen LogP contribution >= 0.6 is 0 Å². The molecule has 0 saturated heterocycles. The summed E-state index contributed by atoms with van der Waals surface area (Å²) in [5.74, 6) is 0.262. The van der Waals surface area contributed by atoms with Gasteiger partial charge in [0.2, 0.25) is 5.82 Å². The fourth-order valence-corrected chi connectivity index (χ4v) is 2.40. The van der Waals surface area contributed by atoms with Crippen molar-refractivity contribution in [3.63, 3.8) is 0 Å². The van der Waals surface area contributed by atoms with Crippen molar-refractivity contribution in [1.82, 2.24) is 20.1 Å². The van der Waals surface area contributed by atoms with Crippen molar-refractivity contribution in [3.8, 4) is 17.1 Å².